The summed E-state index contributed by atoms with van der Waals surface area (Å²) in [7, 11) is 0. The van der Waals surface area contributed by atoms with Crippen LogP contribution < -0.4 is 0 Å². The fourth-order valence-electron chi connectivity index (χ4n) is 2.72. The van der Waals surface area contributed by atoms with Gasteiger partial charge in [-0.3, -0.25) is 4.79 Å². The summed E-state index contributed by atoms with van der Waals surface area (Å²) in [5.41, 5.74) is 1.13. The second-order valence-electron chi connectivity index (χ2n) is 5.53. The summed E-state index contributed by atoms with van der Waals surface area (Å²) in [4.78, 5) is 14.6. The quantitative estimate of drug-likeness (QED) is 0.835. The van der Waals surface area contributed by atoms with E-state index in [-0.39, 0.29) is 12.0 Å². The van der Waals surface area contributed by atoms with Gasteiger partial charge >= 0.3 is 0 Å². The molecule has 0 saturated carbocycles. The van der Waals surface area contributed by atoms with Crippen LogP contribution in [0, 0.1) is 0 Å². The van der Waals surface area contributed by atoms with Crippen molar-refractivity contribution in [2.24, 2.45) is 0 Å². The van der Waals surface area contributed by atoms with Crippen LogP contribution in [-0.4, -0.2) is 43.3 Å². The molecule has 3 rings (SSSR count). The molecule has 1 saturated heterocycles. The van der Waals surface area contributed by atoms with Crippen LogP contribution in [0.3, 0.4) is 0 Å². The van der Waals surface area contributed by atoms with E-state index < -0.39 is 0 Å². The second-order valence-corrected chi connectivity index (χ2v) is 6.31. The zero-order valence-corrected chi connectivity index (χ0v) is 13.6. The molecule has 0 radical (unpaired) electrons. The number of thiophene rings is 1. The van der Waals surface area contributed by atoms with E-state index in [2.05, 4.69) is 5.38 Å². The molecular weight excluding hydrogens is 302 g/mol. The van der Waals surface area contributed by atoms with Crippen LogP contribution in [0.1, 0.15) is 25.3 Å². The van der Waals surface area contributed by atoms with E-state index in [4.69, 9.17) is 14.2 Å². The molecule has 2 aliphatic rings. The lowest BCUT2D eigenvalue weighted by atomic mass is 10.2. The van der Waals surface area contributed by atoms with Crippen molar-refractivity contribution in [1.29, 1.82) is 0 Å². The minimum absolute atomic E-state index is 0.112. The first kappa shape index (κ1) is 15.4. The predicted molar refractivity (Wildman–Crippen MR) is 83.3 cm³/mol. The number of carbonyl (C=O) groups excluding carboxylic acids is 1. The summed E-state index contributed by atoms with van der Waals surface area (Å²) in [6, 6.07) is 2.04. The normalized spacial score (nSPS) is 21.4. The maximum Gasteiger partial charge on any atom is 0.292 e. The Morgan fingerprint density at radius 1 is 1.36 bits per heavy atom. The molecule has 0 spiro atoms. The Kier molecular flexibility index (Phi) is 5.00. The van der Waals surface area contributed by atoms with Gasteiger partial charge in [0, 0.05) is 19.7 Å². The molecule has 2 aliphatic heterocycles. The molecule has 1 amide bonds. The second kappa shape index (κ2) is 7.15. The molecule has 1 fully saturated rings. The van der Waals surface area contributed by atoms with Crippen LogP contribution in [0.4, 0.5) is 0 Å². The van der Waals surface area contributed by atoms with Crippen molar-refractivity contribution in [2.75, 3.05) is 26.4 Å². The van der Waals surface area contributed by atoms with Gasteiger partial charge in [0.05, 0.1) is 6.10 Å². The van der Waals surface area contributed by atoms with E-state index in [1.807, 2.05) is 16.3 Å². The minimum Gasteiger partial charge on any atom is -0.491 e. The third-order valence-corrected chi connectivity index (χ3v) is 4.58. The number of hydrogen-bond acceptors (Lipinski definition) is 5. The highest BCUT2D eigenvalue weighted by atomic mass is 32.1. The number of hydrogen-bond donors (Lipinski definition) is 0. The fourth-order valence-corrected chi connectivity index (χ4v) is 3.38. The van der Waals surface area contributed by atoms with Crippen molar-refractivity contribution in [2.45, 2.75) is 32.4 Å². The molecule has 3 heterocycles. The van der Waals surface area contributed by atoms with E-state index in [1.54, 1.807) is 18.3 Å². The Balaban J connectivity index is 1.75. The largest absolute Gasteiger partial charge is 0.491 e. The summed E-state index contributed by atoms with van der Waals surface area (Å²) in [6.45, 7) is 4.65. The van der Waals surface area contributed by atoms with Gasteiger partial charge in [-0.15, -0.1) is 0 Å². The number of ether oxygens (including phenoxy) is 3. The smallest absolute Gasteiger partial charge is 0.292 e. The van der Waals surface area contributed by atoms with Crippen molar-refractivity contribution in [3.8, 4) is 0 Å². The highest BCUT2D eigenvalue weighted by molar-refractivity contribution is 7.07. The number of allylic oxidation sites excluding steroid dienone is 1. The summed E-state index contributed by atoms with van der Waals surface area (Å²) in [5.74, 6) is 0.789. The molecule has 1 aromatic rings. The zero-order valence-electron chi connectivity index (χ0n) is 12.7. The molecule has 0 aliphatic carbocycles. The van der Waals surface area contributed by atoms with E-state index in [0.29, 0.717) is 37.8 Å². The van der Waals surface area contributed by atoms with Gasteiger partial charge in [-0.25, -0.2) is 0 Å². The fraction of sp³-hybridized carbons (Fsp3) is 0.562. The van der Waals surface area contributed by atoms with Crippen molar-refractivity contribution in [3.63, 3.8) is 0 Å². The van der Waals surface area contributed by atoms with E-state index in [9.17, 15) is 4.79 Å². The number of nitrogens with zero attached hydrogens (tertiary/aromatic N) is 1. The molecule has 6 heteroatoms. The minimum atomic E-state index is -0.112. The van der Waals surface area contributed by atoms with Gasteiger partial charge in [-0.2, -0.15) is 11.3 Å². The van der Waals surface area contributed by atoms with Crippen LogP contribution in [0.25, 0.3) is 0 Å². The average Bonchev–Trinajstić information content (AvgIpc) is 3.20. The molecule has 0 N–H and O–H groups in total. The van der Waals surface area contributed by atoms with Crippen molar-refractivity contribution < 1.29 is 19.0 Å². The lowest BCUT2D eigenvalue weighted by Gasteiger charge is -2.28. The first-order valence-electron chi connectivity index (χ1n) is 7.62. The van der Waals surface area contributed by atoms with Crippen molar-refractivity contribution in [3.05, 3.63) is 33.9 Å². The topological polar surface area (TPSA) is 48.0 Å². The Labute approximate surface area is 134 Å². The van der Waals surface area contributed by atoms with Gasteiger partial charge < -0.3 is 19.1 Å². The Bertz CT molecular complexity index is 534. The number of carbonyl (C=O) groups is 1. The molecule has 120 valence electrons. The molecule has 0 aromatic carbocycles. The predicted octanol–water partition coefficient (Wildman–Crippen LogP) is 2.53. The maximum atomic E-state index is 12.8. The first-order chi connectivity index (χ1) is 10.7. The Hall–Kier alpha value is -1.53. The summed E-state index contributed by atoms with van der Waals surface area (Å²) < 4.78 is 16.7. The zero-order chi connectivity index (χ0) is 15.4. The Morgan fingerprint density at radius 3 is 2.91 bits per heavy atom. The lowest BCUT2D eigenvalue weighted by molar-refractivity contribution is -0.135. The van der Waals surface area contributed by atoms with Crippen LogP contribution in [0.15, 0.2) is 28.3 Å². The van der Waals surface area contributed by atoms with Crippen LogP contribution in [0.5, 0.6) is 0 Å². The lowest BCUT2D eigenvalue weighted by Crippen LogP contribution is -2.39. The maximum absolute atomic E-state index is 12.8. The van der Waals surface area contributed by atoms with Gasteiger partial charge in [0.1, 0.15) is 19.0 Å². The van der Waals surface area contributed by atoms with Crippen LogP contribution >= 0.6 is 11.3 Å². The summed E-state index contributed by atoms with van der Waals surface area (Å²) >= 11 is 1.63. The van der Waals surface area contributed by atoms with Gasteiger partial charge in [0.2, 0.25) is 5.76 Å². The van der Waals surface area contributed by atoms with Gasteiger partial charge in [0.15, 0.2) is 0 Å². The number of rotatable bonds is 5. The third kappa shape index (κ3) is 3.62. The monoisotopic (exact) mass is 323 g/mol. The van der Waals surface area contributed by atoms with E-state index in [0.717, 1.165) is 25.0 Å². The van der Waals surface area contributed by atoms with Crippen LogP contribution in [-0.2, 0) is 25.5 Å². The highest BCUT2D eigenvalue weighted by Gasteiger charge is 2.28. The molecule has 0 bridgehead atoms. The van der Waals surface area contributed by atoms with Crippen LogP contribution in [0.2, 0.25) is 0 Å². The standard InChI is InChI=1S/C16H21NO4S/c1-12-15(21-7-6-19-12)16(18)17(9-13-4-8-22-11-13)10-14-3-2-5-20-14/h4,8,11,14H,2-3,5-7,9-10H2,1H3. The van der Waals surface area contributed by atoms with Crippen molar-refractivity contribution in [1.82, 2.24) is 4.90 Å². The Morgan fingerprint density at radius 2 is 2.23 bits per heavy atom. The SMILES string of the molecule is CC1=C(C(=O)N(Cc2ccsc2)CC2CCCO2)OCCO1. The molecule has 22 heavy (non-hydrogen) atoms. The first-order valence-corrected chi connectivity index (χ1v) is 8.57. The van der Waals surface area contributed by atoms with E-state index >= 15 is 0 Å². The molecular formula is C16H21NO4S. The average molecular weight is 323 g/mol. The van der Waals surface area contributed by atoms with Gasteiger partial charge in [-0.1, -0.05) is 0 Å². The molecule has 5 nitrogen and oxygen atoms in total. The molecule has 1 unspecified atom stereocenters. The number of amides is 1. The van der Waals surface area contributed by atoms with Gasteiger partial charge in [-0.05, 0) is 42.2 Å². The third-order valence-electron chi connectivity index (χ3n) is 3.85. The highest BCUT2D eigenvalue weighted by Crippen LogP contribution is 2.21. The van der Waals surface area contributed by atoms with Gasteiger partial charge in [0.25, 0.3) is 5.91 Å². The molecule has 1 atom stereocenters. The summed E-state index contributed by atoms with van der Waals surface area (Å²) in [6.07, 6.45) is 2.18. The molecule has 1 aromatic heterocycles. The van der Waals surface area contributed by atoms with Crippen molar-refractivity contribution >= 4 is 17.2 Å². The van der Waals surface area contributed by atoms with E-state index in [1.165, 1.54) is 0 Å². The summed E-state index contributed by atoms with van der Waals surface area (Å²) in [5, 5.41) is 4.09.